The van der Waals surface area contributed by atoms with Gasteiger partial charge in [-0.25, -0.2) is 0 Å². The molecule has 82 valence electrons. The number of anilines is 2. The highest BCUT2D eigenvalue weighted by Gasteiger charge is 1.98. The van der Waals surface area contributed by atoms with Gasteiger partial charge in [-0.15, -0.1) is 0 Å². The van der Waals surface area contributed by atoms with Crippen molar-refractivity contribution >= 4 is 23.0 Å². The number of halogens is 1. The number of hydrogen-bond acceptors (Lipinski definition) is 2. The van der Waals surface area contributed by atoms with Crippen LogP contribution >= 0.6 is 11.6 Å². The van der Waals surface area contributed by atoms with E-state index >= 15 is 0 Å². The van der Waals surface area contributed by atoms with E-state index < -0.39 is 0 Å². The Hall–Kier alpha value is -1.67. The second-order valence-corrected chi connectivity index (χ2v) is 3.95. The van der Waals surface area contributed by atoms with E-state index in [-0.39, 0.29) is 0 Å². The number of rotatable bonds is 3. The molecule has 16 heavy (non-hydrogen) atoms. The zero-order chi connectivity index (χ0) is 11.4. The number of hydrogen-bond donors (Lipinski definition) is 2. The molecule has 2 aromatic rings. The molecule has 2 rings (SSSR count). The van der Waals surface area contributed by atoms with Crippen molar-refractivity contribution in [1.82, 2.24) is 0 Å². The van der Waals surface area contributed by atoms with Crippen molar-refractivity contribution < 1.29 is 0 Å². The third-order valence-electron chi connectivity index (χ3n) is 2.35. The Bertz CT molecular complexity index is 437. The van der Waals surface area contributed by atoms with Crippen LogP contribution in [0.5, 0.6) is 0 Å². The lowest BCUT2D eigenvalue weighted by Crippen LogP contribution is -2.09. The average Bonchev–Trinajstić information content (AvgIpc) is 2.30. The first kappa shape index (κ1) is 10.8. The number of hydrazine groups is 1. The van der Waals surface area contributed by atoms with Gasteiger partial charge in [-0.05, 0) is 30.7 Å². The second-order valence-electron chi connectivity index (χ2n) is 3.54. The van der Waals surface area contributed by atoms with Gasteiger partial charge in [-0.2, -0.15) is 0 Å². The molecule has 0 saturated carbocycles. The van der Waals surface area contributed by atoms with E-state index in [9.17, 15) is 0 Å². The fourth-order valence-electron chi connectivity index (χ4n) is 1.41. The summed E-state index contributed by atoms with van der Waals surface area (Å²) in [5.41, 5.74) is 9.32. The minimum atomic E-state index is 0.698. The van der Waals surface area contributed by atoms with Crippen molar-refractivity contribution in [3.63, 3.8) is 0 Å². The van der Waals surface area contributed by atoms with E-state index in [1.54, 1.807) is 0 Å². The van der Waals surface area contributed by atoms with Crippen molar-refractivity contribution in [2.75, 3.05) is 10.9 Å². The summed E-state index contributed by atoms with van der Waals surface area (Å²) in [6, 6.07) is 15.7. The molecular formula is C13H13ClN2. The maximum atomic E-state index is 6.03. The van der Waals surface area contributed by atoms with Crippen LogP contribution in [0.3, 0.4) is 0 Å². The van der Waals surface area contributed by atoms with Gasteiger partial charge < -0.3 is 5.43 Å². The number of aryl methyl sites for hydroxylation is 1. The molecule has 2 nitrogen and oxygen atoms in total. The van der Waals surface area contributed by atoms with Gasteiger partial charge in [-0.1, -0.05) is 41.9 Å². The third-order valence-corrected chi connectivity index (χ3v) is 2.68. The lowest BCUT2D eigenvalue weighted by molar-refractivity contribution is 1.36. The predicted molar refractivity (Wildman–Crippen MR) is 69.9 cm³/mol. The maximum absolute atomic E-state index is 6.03. The van der Waals surface area contributed by atoms with Gasteiger partial charge in [0.05, 0.1) is 16.4 Å². The van der Waals surface area contributed by atoms with E-state index in [2.05, 4.69) is 23.8 Å². The fourth-order valence-corrected chi connectivity index (χ4v) is 1.59. The molecule has 0 aliphatic carbocycles. The largest absolute Gasteiger partial charge is 0.301 e. The Labute approximate surface area is 100 Å². The van der Waals surface area contributed by atoms with Gasteiger partial charge in [0, 0.05) is 0 Å². The molecule has 0 spiro atoms. The maximum Gasteiger partial charge on any atom is 0.0726 e. The van der Waals surface area contributed by atoms with Crippen molar-refractivity contribution in [2.24, 2.45) is 0 Å². The molecule has 0 aromatic heterocycles. The van der Waals surface area contributed by atoms with Gasteiger partial charge in [0.2, 0.25) is 0 Å². The van der Waals surface area contributed by atoms with E-state index in [1.165, 1.54) is 5.56 Å². The lowest BCUT2D eigenvalue weighted by Gasteiger charge is -2.12. The Morgan fingerprint density at radius 1 is 0.812 bits per heavy atom. The monoisotopic (exact) mass is 232 g/mol. The molecule has 0 bridgehead atoms. The molecule has 0 unspecified atom stereocenters. The number of para-hydroxylation sites is 2. The van der Waals surface area contributed by atoms with Crippen LogP contribution in [0.15, 0.2) is 48.5 Å². The first-order valence-corrected chi connectivity index (χ1v) is 5.47. The Morgan fingerprint density at radius 3 is 2.06 bits per heavy atom. The summed E-state index contributed by atoms with van der Waals surface area (Å²) in [7, 11) is 0. The molecule has 3 heteroatoms. The molecule has 0 saturated heterocycles. The standard InChI is InChI=1S/C13H13ClN2/c1-10-6-2-4-8-12(10)15-16-13-9-5-3-7-11(13)14/h2-9,15-16H,1H3. The van der Waals surface area contributed by atoms with Crippen molar-refractivity contribution in [1.29, 1.82) is 0 Å². The average molecular weight is 233 g/mol. The molecule has 0 aliphatic heterocycles. The third kappa shape index (κ3) is 2.47. The van der Waals surface area contributed by atoms with E-state index in [0.717, 1.165) is 11.4 Å². The van der Waals surface area contributed by atoms with E-state index in [4.69, 9.17) is 11.6 Å². The Morgan fingerprint density at radius 2 is 1.38 bits per heavy atom. The Kier molecular flexibility index (Phi) is 3.32. The first-order valence-electron chi connectivity index (χ1n) is 5.09. The SMILES string of the molecule is Cc1ccccc1NNc1ccccc1Cl. The molecule has 0 fully saturated rings. The van der Waals surface area contributed by atoms with Gasteiger partial charge in [0.15, 0.2) is 0 Å². The lowest BCUT2D eigenvalue weighted by atomic mass is 10.2. The van der Waals surface area contributed by atoms with Gasteiger partial charge in [0.25, 0.3) is 0 Å². The van der Waals surface area contributed by atoms with E-state index in [1.807, 2.05) is 42.5 Å². The predicted octanol–water partition coefficient (Wildman–Crippen LogP) is 4.09. The molecule has 0 radical (unpaired) electrons. The van der Waals surface area contributed by atoms with Gasteiger partial charge in [-0.3, -0.25) is 5.43 Å². The summed E-state index contributed by atoms with van der Waals surface area (Å²) in [5, 5.41) is 0.698. The zero-order valence-electron chi connectivity index (χ0n) is 9.00. The van der Waals surface area contributed by atoms with Crippen LogP contribution < -0.4 is 10.9 Å². The molecule has 0 aliphatic rings. The van der Waals surface area contributed by atoms with Gasteiger partial charge >= 0.3 is 0 Å². The fraction of sp³-hybridized carbons (Fsp3) is 0.0769. The zero-order valence-corrected chi connectivity index (χ0v) is 9.75. The summed E-state index contributed by atoms with van der Waals surface area (Å²) >= 11 is 6.03. The van der Waals surface area contributed by atoms with Crippen molar-refractivity contribution in [3.8, 4) is 0 Å². The minimum Gasteiger partial charge on any atom is -0.301 e. The minimum absolute atomic E-state index is 0.698. The van der Waals surface area contributed by atoms with Crippen molar-refractivity contribution in [3.05, 3.63) is 59.1 Å². The quantitative estimate of drug-likeness (QED) is 0.779. The molecular weight excluding hydrogens is 220 g/mol. The highest BCUT2D eigenvalue weighted by Crippen LogP contribution is 2.21. The second kappa shape index (κ2) is 4.90. The van der Waals surface area contributed by atoms with Crippen LogP contribution in [0.1, 0.15) is 5.56 Å². The van der Waals surface area contributed by atoms with E-state index in [0.29, 0.717) is 5.02 Å². The molecule has 2 aromatic carbocycles. The van der Waals surface area contributed by atoms with Gasteiger partial charge in [0.1, 0.15) is 0 Å². The summed E-state index contributed by atoms with van der Waals surface area (Å²) in [6.45, 7) is 2.05. The van der Waals surface area contributed by atoms with Crippen LogP contribution in [0.2, 0.25) is 5.02 Å². The van der Waals surface area contributed by atoms with Crippen LogP contribution in [0.4, 0.5) is 11.4 Å². The molecule has 2 N–H and O–H groups in total. The van der Waals surface area contributed by atoms with Crippen LogP contribution in [0, 0.1) is 6.92 Å². The number of benzene rings is 2. The topological polar surface area (TPSA) is 24.1 Å². The number of nitrogens with one attached hydrogen (secondary N) is 2. The smallest absolute Gasteiger partial charge is 0.0726 e. The van der Waals surface area contributed by atoms with Crippen LogP contribution in [0.25, 0.3) is 0 Å². The normalized spacial score (nSPS) is 9.88. The summed E-state index contributed by atoms with van der Waals surface area (Å²) in [4.78, 5) is 0. The summed E-state index contributed by atoms with van der Waals surface area (Å²) in [5.74, 6) is 0. The highest BCUT2D eigenvalue weighted by molar-refractivity contribution is 6.33. The Balaban J connectivity index is 2.09. The molecule has 0 amide bonds. The van der Waals surface area contributed by atoms with Crippen molar-refractivity contribution in [2.45, 2.75) is 6.92 Å². The molecule has 0 heterocycles. The molecule has 0 atom stereocenters. The summed E-state index contributed by atoms with van der Waals surface area (Å²) in [6.07, 6.45) is 0. The highest BCUT2D eigenvalue weighted by atomic mass is 35.5. The summed E-state index contributed by atoms with van der Waals surface area (Å²) < 4.78 is 0. The van der Waals surface area contributed by atoms with Crippen LogP contribution in [-0.4, -0.2) is 0 Å². The first-order chi connectivity index (χ1) is 7.77. The van der Waals surface area contributed by atoms with Crippen LogP contribution in [-0.2, 0) is 0 Å².